The van der Waals surface area contributed by atoms with E-state index in [9.17, 15) is 5.11 Å². The van der Waals surface area contributed by atoms with Crippen LogP contribution in [-0.4, -0.2) is 59.3 Å². The monoisotopic (exact) mass is 477 g/mol. The number of para-hydroxylation sites is 1. The van der Waals surface area contributed by atoms with Crippen LogP contribution in [0.25, 0.3) is 5.69 Å². The van der Waals surface area contributed by atoms with Crippen molar-refractivity contribution in [3.8, 4) is 35.4 Å². The number of benzene rings is 2. The fourth-order valence-electron chi connectivity index (χ4n) is 3.87. The Morgan fingerprint density at radius 1 is 1.06 bits per heavy atom. The lowest BCUT2D eigenvalue weighted by molar-refractivity contribution is 0.0236. The van der Waals surface area contributed by atoms with Crippen LogP contribution in [0.4, 0.5) is 0 Å². The highest BCUT2D eigenvalue weighted by Gasteiger charge is 2.23. The predicted octanol–water partition coefficient (Wildman–Crippen LogP) is 4.45. The largest absolute Gasteiger partial charge is 0.497 e. The quantitative estimate of drug-likeness (QED) is 0.290. The van der Waals surface area contributed by atoms with Gasteiger partial charge in [0, 0.05) is 19.6 Å². The van der Waals surface area contributed by atoms with E-state index >= 15 is 0 Å². The number of terminal acetylenes is 1. The number of aromatic nitrogens is 2. The van der Waals surface area contributed by atoms with Gasteiger partial charge in [0.15, 0.2) is 0 Å². The summed E-state index contributed by atoms with van der Waals surface area (Å²) in [5.41, 5.74) is 2.73. The molecule has 0 saturated heterocycles. The van der Waals surface area contributed by atoms with Gasteiger partial charge in [-0.15, -0.1) is 6.42 Å². The molecule has 1 heterocycles. The van der Waals surface area contributed by atoms with Crippen molar-refractivity contribution < 1.29 is 19.3 Å². The van der Waals surface area contributed by atoms with Crippen molar-refractivity contribution in [2.45, 2.75) is 33.4 Å². The maximum atomic E-state index is 10.5. The Hall–Kier alpha value is -3.31. The normalized spacial score (nSPS) is 12.1. The Labute approximate surface area is 208 Å². The molecule has 0 amide bonds. The maximum Gasteiger partial charge on any atom is 0.227 e. The average Bonchev–Trinajstić information content (AvgIpc) is 3.14. The molecule has 3 rings (SSSR count). The van der Waals surface area contributed by atoms with Crippen molar-refractivity contribution in [2.75, 3.05) is 33.4 Å². The van der Waals surface area contributed by atoms with Crippen LogP contribution in [0.15, 0.2) is 54.6 Å². The van der Waals surface area contributed by atoms with E-state index in [0.717, 1.165) is 29.2 Å². The Bertz CT molecular complexity index is 1090. The second-order valence-corrected chi connectivity index (χ2v) is 8.86. The molecule has 2 aromatic carbocycles. The van der Waals surface area contributed by atoms with E-state index in [2.05, 4.69) is 24.7 Å². The maximum absolute atomic E-state index is 10.5. The molecule has 186 valence electrons. The van der Waals surface area contributed by atoms with Crippen molar-refractivity contribution in [2.24, 2.45) is 5.92 Å². The molecule has 1 atom stereocenters. The minimum absolute atomic E-state index is 0.185. The number of rotatable bonds is 13. The van der Waals surface area contributed by atoms with E-state index in [1.807, 2.05) is 66.2 Å². The van der Waals surface area contributed by atoms with Crippen LogP contribution in [0.3, 0.4) is 0 Å². The van der Waals surface area contributed by atoms with Gasteiger partial charge in [0.1, 0.15) is 18.1 Å². The first-order valence-corrected chi connectivity index (χ1v) is 11.8. The van der Waals surface area contributed by atoms with Crippen LogP contribution < -0.4 is 9.47 Å². The Balaban J connectivity index is 1.93. The highest BCUT2D eigenvalue weighted by Crippen LogP contribution is 2.32. The molecule has 0 saturated carbocycles. The first kappa shape index (κ1) is 26.3. The lowest BCUT2D eigenvalue weighted by Crippen LogP contribution is -2.37. The summed E-state index contributed by atoms with van der Waals surface area (Å²) in [6.45, 7) is 8.47. The third kappa shape index (κ3) is 7.59. The zero-order valence-corrected chi connectivity index (χ0v) is 21.0. The Morgan fingerprint density at radius 2 is 1.74 bits per heavy atom. The van der Waals surface area contributed by atoms with Gasteiger partial charge in [-0.25, -0.2) is 4.68 Å². The first-order chi connectivity index (χ1) is 16.9. The van der Waals surface area contributed by atoms with E-state index in [0.29, 0.717) is 30.6 Å². The number of ether oxygens (including phenoxy) is 3. The minimum atomic E-state index is -0.655. The number of aliphatic hydroxyl groups excluding tert-OH is 1. The van der Waals surface area contributed by atoms with Crippen molar-refractivity contribution in [3.05, 3.63) is 65.9 Å². The highest BCUT2D eigenvalue weighted by atomic mass is 16.5. The lowest BCUT2D eigenvalue weighted by atomic mass is 10.1. The molecule has 0 aliphatic carbocycles. The van der Waals surface area contributed by atoms with Crippen LogP contribution in [0.2, 0.25) is 0 Å². The zero-order chi connectivity index (χ0) is 25.2. The molecule has 0 spiro atoms. The smallest absolute Gasteiger partial charge is 0.227 e. The minimum Gasteiger partial charge on any atom is -0.497 e. The molecule has 0 unspecified atom stereocenters. The molecule has 0 radical (unpaired) electrons. The number of aryl methyl sites for hydroxylation is 1. The summed E-state index contributed by atoms with van der Waals surface area (Å²) in [5, 5.41) is 15.4. The van der Waals surface area contributed by atoms with Gasteiger partial charge in [-0.2, -0.15) is 5.10 Å². The van der Waals surface area contributed by atoms with Crippen LogP contribution >= 0.6 is 0 Å². The van der Waals surface area contributed by atoms with Crippen molar-refractivity contribution >= 4 is 0 Å². The van der Waals surface area contributed by atoms with E-state index in [4.69, 9.17) is 25.7 Å². The van der Waals surface area contributed by atoms with Crippen LogP contribution in [-0.2, 0) is 11.3 Å². The van der Waals surface area contributed by atoms with Gasteiger partial charge in [0.25, 0.3) is 0 Å². The second-order valence-electron chi connectivity index (χ2n) is 8.86. The molecule has 35 heavy (non-hydrogen) atoms. The summed E-state index contributed by atoms with van der Waals surface area (Å²) in [4.78, 5) is 2.20. The Kier molecular flexibility index (Phi) is 9.74. The summed E-state index contributed by atoms with van der Waals surface area (Å²) < 4.78 is 18.9. The summed E-state index contributed by atoms with van der Waals surface area (Å²) in [6, 6.07) is 17.4. The molecule has 0 aliphatic heterocycles. The van der Waals surface area contributed by atoms with E-state index in [1.165, 1.54) is 0 Å². The molecule has 1 aromatic heterocycles. The standard InChI is InChI=1S/C28H35N3O4/c1-6-16-34-20-24(32)18-30(17-21(2)3)19-27-22(4)29-31(23-10-8-7-9-11-23)28(27)35-26-14-12-25(33-5)13-15-26/h1,7-15,21,24,32H,16-20H2,2-5H3/t24-/m1/s1. The van der Waals surface area contributed by atoms with Crippen molar-refractivity contribution in [3.63, 3.8) is 0 Å². The van der Waals surface area contributed by atoms with Crippen LogP contribution in [0.1, 0.15) is 25.1 Å². The number of hydrogen-bond donors (Lipinski definition) is 1. The van der Waals surface area contributed by atoms with E-state index < -0.39 is 6.10 Å². The van der Waals surface area contributed by atoms with Gasteiger partial charge in [0.2, 0.25) is 5.88 Å². The Morgan fingerprint density at radius 3 is 2.37 bits per heavy atom. The molecular weight excluding hydrogens is 442 g/mol. The first-order valence-electron chi connectivity index (χ1n) is 11.8. The van der Waals surface area contributed by atoms with Crippen LogP contribution in [0, 0.1) is 25.2 Å². The number of nitrogens with zero attached hydrogens (tertiary/aromatic N) is 3. The lowest BCUT2D eigenvalue weighted by Gasteiger charge is -2.27. The van der Waals surface area contributed by atoms with Crippen molar-refractivity contribution in [1.82, 2.24) is 14.7 Å². The molecule has 7 heteroatoms. The van der Waals surface area contributed by atoms with Gasteiger partial charge in [-0.3, -0.25) is 4.90 Å². The summed E-state index contributed by atoms with van der Waals surface area (Å²) >= 11 is 0. The van der Waals surface area contributed by atoms with Gasteiger partial charge in [-0.1, -0.05) is 38.0 Å². The van der Waals surface area contributed by atoms with Gasteiger partial charge in [0.05, 0.1) is 36.8 Å². The SMILES string of the molecule is C#CCOC[C@H](O)CN(Cc1c(C)nn(-c2ccccc2)c1Oc1ccc(OC)cc1)CC(C)C. The van der Waals surface area contributed by atoms with Crippen LogP contribution in [0.5, 0.6) is 17.4 Å². The fourth-order valence-corrected chi connectivity index (χ4v) is 3.87. The molecule has 0 fully saturated rings. The summed E-state index contributed by atoms with van der Waals surface area (Å²) in [6.07, 6.45) is 4.59. The molecule has 1 N–H and O–H groups in total. The summed E-state index contributed by atoms with van der Waals surface area (Å²) in [7, 11) is 1.64. The molecular formula is C28H35N3O4. The number of hydrogen-bond acceptors (Lipinski definition) is 6. The third-order valence-electron chi connectivity index (χ3n) is 5.38. The predicted molar refractivity (Wildman–Crippen MR) is 137 cm³/mol. The third-order valence-corrected chi connectivity index (χ3v) is 5.38. The van der Waals surface area contributed by atoms with Gasteiger partial charge in [-0.05, 0) is 49.2 Å². The van der Waals surface area contributed by atoms with Gasteiger partial charge >= 0.3 is 0 Å². The zero-order valence-electron chi connectivity index (χ0n) is 21.0. The summed E-state index contributed by atoms with van der Waals surface area (Å²) in [5.74, 6) is 4.92. The molecule has 7 nitrogen and oxygen atoms in total. The average molecular weight is 478 g/mol. The molecule has 0 bridgehead atoms. The fraction of sp³-hybridized carbons (Fsp3) is 0.393. The van der Waals surface area contributed by atoms with Gasteiger partial charge < -0.3 is 19.3 Å². The second kappa shape index (κ2) is 13.0. The van der Waals surface area contributed by atoms with E-state index in [1.54, 1.807) is 7.11 Å². The molecule has 0 aliphatic rings. The van der Waals surface area contributed by atoms with E-state index in [-0.39, 0.29) is 13.2 Å². The topological polar surface area (TPSA) is 69.0 Å². The number of methoxy groups -OCH3 is 1. The number of aliphatic hydroxyl groups is 1. The highest BCUT2D eigenvalue weighted by molar-refractivity contribution is 5.44. The van der Waals surface area contributed by atoms with Crippen molar-refractivity contribution in [1.29, 1.82) is 0 Å². The molecule has 3 aromatic rings.